The number of aliphatic hydroxyl groups is 1. The molecule has 0 amide bonds. The van der Waals surface area contributed by atoms with Crippen LogP contribution in [-0.2, 0) is 0 Å². The Hall–Kier alpha value is -0.820. The highest BCUT2D eigenvalue weighted by Gasteiger charge is 2.50. The maximum Gasteiger partial charge on any atom is 0.0719 e. The van der Waals surface area contributed by atoms with E-state index in [9.17, 15) is 5.11 Å². The number of allylic oxidation sites excluding steroid dienone is 4. The van der Waals surface area contributed by atoms with E-state index in [2.05, 4.69) is 46.4 Å². The second kappa shape index (κ2) is 9.20. The fourth-order valence-corrected chi connectivity index (χ4v) is 7.69. The number of rotatable bonds is 7. The largest absolute Gasteiger partial charge is 0.389 e. The molecule has 5 atom stereocenters. The van der Waals surface area contributed by atoms with Crippen molar-refractivity contribution in [3.8, 4) is 0 Å². The van der Waals surface area contributed by atoms with E-state index in [4.69, 9.17) is 0 Å². The molecule has 0 radical (unpaired) electrons. The minimum Gasteiger partial charge on any atom is -0.389 e. The molecule has 4 fully saturated rings. The molecule has 0 aliphatic heterocycles. The lowest BCUT2D eigenvalue weighted by Crippen LogP contribution is -2.36. The van der Waals surface area contributed by atoms with Gasteiger partial charge in [-0.2, -0.15) is 0 Å². The van der Waals surface area contributed by atoms with Crippen LogP contribution >= 0.6 is 0 Å². The summed E-state index contributed by atoms with van der Waals surface area (Å²) in [4.78, 5) is 0. The number of hydrogen-bond acceptors (Lipinski definition) is 1. The van der Waals surface area contributed by atoms with Gasteiger partial charge in [0.15, 0.2) is 0 Å². The summed E-state index contributed by atoms with van der Waals surface area (Å²) in [6, 6.07) is 0. The van der Waals surface area contributed by atoms with Crippen LogP contribution in [0.3, 0.4) is 0 Å². The van der Waals surface area contributed by atoms with Gasteiger partial charge in [0.25, 0.3) is 0 Å². The highest BCUT2D eigenvalue weighted by molar-refractivity contribution is 5.38. The van der Waals surface area contributed by atoms with E-state index in [1.54, 1.807) is 5.57 Å². The third-order valence-corrected chi connectivity index (χ3v) is 9.81. The molecule has 1 unspecified atom stereocenters. The zero-order valence-corrected chi connectivity index (χ0v) is 20.9. The van der Waals surface area contributed by atoms with Crippen LogP contribution in [0.2, 0.25) is 0 Å². The molecule has 4 rings (SSSR count). The zero-order chi connectivity index (χ0) is 22.2. The fourth-order valence-electron chi connectivity index (χ4n) is 7.69. The Balaban J connectivity index is 1.46. The fraction of sp³-hybridized carbons (Fsp3) is 0.800. The van der Waals surface area contributed by atoms with Gasteiger partial charge in [-0.25, -0.2) is 0 Å². The van der Waals surface area contributed by atoms with Gasteiger partial charge in [-0.05, 0) is 98.4 Å². The van der Waals surface area contributed by atoms with Crippen molar-refractivity contribution in [3.63, 3.8) is 0 Å². The smallest absolute Gasteiger partial charge is 0.0719 e. The third kappa shape index (κ3) is 4.92. The van der Waals surface area contributed by atoms with Crippen molar-refractivity contribution in [1.29, 1.82) is 0 Å². The Morgan fingerprint density at radius 2 is 1.81 bits per heavy atom. The minimum atomic E-state index is -0.448. The molecule has 0 aromatic rings. The molecule has 0 spiro atoms. The van der Waals surface area contributed by atoms with Gasteiger partial charge in [0.2, 0.25) is 0 Å². The Morgan fingerprint density at radius 3 is 2.52 bits per heavy atom. The monoisotopic (exact) mass is 424 g/mol. The van der Waals surface area contributed by atoms with Crippen LogP contribution in [0.25, 0.3) is 0 Å². The molecule has 4 aliphatic rings. The SMILES string of the molecule is C=C1CC[C@@](O)(C2CC2)C/C1=C/C=C1CCC[C@@]2(C)C1CC[C@@H]2[C@H](C)CCCC(C)C. The van der Waals surface area contributed by atoms with Crippen LogP contribution < -0.4 is 0 Å². The zero-order valence-electron chi connectivity index (χ0n) is 20.9. The molecule has 1 N–H and O–H groups in total. The Labute approximate surface area is 192 Å². The van der Waals surface area contributed by atoms with Gasteiger partial charge >= 0.3 is 0 Å². The molecule has 0 aromatic carbocycles. The summed E-state index contributed by atoms with van der Waals surface area (Å²) in [5, 5.41) is 11.1. The van der Waals surface area contributed by atoms with Crippen molar-refractivity contribution in [1.82, 2.24) is 0 Å². The molecule has 0 bridgehead atoms. The summed E-state index contributed by atoms with van der Waals surface area (Å²) in [7, 11) is 0. The van der Waals surface area contributed by atoms with E-state index in [-0.39, 0.29) is 0 Å². The summed E-state index contributed by atoms with van der Waals surface area (Å²) in [6.07, 6.45) is 21.0. The molecule has 174 valence electrons. The third-order valence-electron chi connectivity index (χ3n) is 9.81. The summed E-state index contributed by atoms with van der Waals surface area (Å²) in [5.74, 6) is 3.91. The van der Waals surface area contributed by atoms with Gasteiger partial charge in [-0.15, -0.1) is 0 Å². The predicted octanol–water partition coefficient (Wildman–Crippen LogP) is 8.40. The van der Waals surface area contributed by atoms with Gasteiger partial charge in [-0.3, -0.25) is 0 Å². The van der Waals surface area contributed by atoms with Crippen LogP contribution in [0.15, 0.2) is 35.5 Å². The van der Waals surface area contributed by atoms with Gasteiger partial charge < -0.3 is 5.11 Å². The van der Waals surface area contributed by atoms with Crippen LogP contribution in [0.1, 0.15) is 111 Å². The minimum absolute atomic E-state index is 0.448. The molecular weight excluding hydrogens is 376 g/mol. The number of hydrogen-bond donors (Lipinski definition) is 1. The summed E-state index contributed by atoms with van der Waals surface area (Å²) < 4.78 is 0. The van der Waals surface area contributed by atoms with Gasteiger partial charge in [-0.1, -0.05) is 76.8 Å². The van der Waals surface area contributed by atoms with Crippen LogP contribution in [-0.4, -0.2) is 10.7 Å². The first-order chi connectivity index (χ1) is 14.7. The molecule has 0 aromatic heterocycles. The van der Waals surface area contributed by atoms with Gasteiger partial charge in [0.1, 0.15) is 0 Å². The average molecular weight is 425 g/mol. The van der Waals surface area contributed by atoms with Gasteiger partial charge in [0.05, 0.1) is 5.60 Å². The lowest BCUT2D eigenvalue weighted by Gasteiger charge is -2.44. The molecule has 4 saturated carbocycles. The molecule has 1 heteroatoms. The molecule has 0 saturated heterocycles. The van der Waals surface area contributed by atoms with E-state index in [0.717, 1.165) is 42.9 Å². The van der Waals surface area contributed by atoms with Crippen molar-refractivity contribution in [3.05, 3.63) is 35.5 Å². The lowest BCUT2D eigenvalue weighted by molar-refractivity contribution is 0.00411. The van der Waals surface area contributed by atoms with Crippen molar-refractivity contribution in [2.45, 2.75) is 117 Å². The maximum absolute atomic E-state index is 11.1. The second-order valence-corrected chi connectivity index (χ2v) is 12.5. The molecule has 1 nitrogen and oxygen atoms in total. The standard InChI is InChI=1S/C30H48O/c1-21(2)8-6-9-23(4)27-15-16-28-24(10-7-18-29(27,28)5)11-12-25-20-30(31,26-13-14-26)19-17-22(25)3/h11-12,21,23,26-28,31H,3,6-10,13-20H2,1-2,4-5H3/b24-11?,25-12-/t23-,27-,28?,29-,30+/m1/s1. The van der Waals surface area contributed by atoms with E-state index < -0.39 is 5.60 Å². The van der Waals surface area contributed by atoms with Crippen LogP contribution in [0.5, 0.6) is 0 Å². The van der Waals surface area contributed by atoms with E-state index in [1.807, 2.05) is 0 Å². The first kappa shape index (κ1) is 23.3. The molecule has 0 heterocycles. The first-order valence-corrected chi connectivity index (χ1v) is 13.5. The van der Waals surface area contributed by atoms with Crippen molar-refractivity contribution < 1.29 is 5.11 Å². The highest BCUT2D eigenvalue weighted by atomic mass is 16.3. The van der Waals surface area contributed by atoms with Crippen molar-refractivity contribution >= 4 is 0 Å². The predicted molar refractivity (Wildman–Crippen MR) is 133 cm³/mol. The quantitative estimate of drug-likeness (QED) is 0.435. The lowest BCUT2D eigenvalue weighted by atomic mass is 9.60. The first-order valence-electron chi connectivity index (χ1n) is 13.5. The number of fused-ring (bicyclic) bond motifs is 1. The Morgan fingerprint density at radius 1 is 1.03 bits per heavy atom. The normalized spacial score (nSPS) is 40.0. The van der Waals surface area contributed by atoms with Crippen molar-refractivity contribution in [2.75, 3.05) is 0 Å². The summed E-state index contributed by atoms with van der Waals surface area (Å²) in [6.45, 7) is 14.2. The van der Waals surface area contributed by atoms with E-state index >= 15 is 0 Å². The van der Waals surface area contributed by atoms with Gasteiger partial charge in [0, 0.05) is 6.42 Å². The molecule has 4 aliphatic carbocycles. The van der Waals surface area contributed by atoms with E-state index in [1.165, 1.54) is 75.4 Å². The highest BCUT2D eigenvalue weighted by Crippen LogP contribution is 2.60. The molecule has 31 heavy (non-hydrogen) atoms. The Kier molecular flexibility index (Phi) is 6.93. The van der Waals surface area contributed by atoms with Crippen LogP contribution in [0.4, 0.5) is 0 Å². The average Bonchev–Trinajstić information content (AvgIpc) is 3.51. The topological polar surface area (TPSA) is 20.2 Å². The Bertz CT molecular complexity index is 723. The van der Waals surface area contributed by atoms with Crippen LogP contribution in [0, 0.1) is 35.0 Å². The van der Waals surface area contributed by atoms with E-state index in [0.29, 0.717) is 11.3 Å². The van der Waals surface area contributed by atoms with Crippen molar-refractivity contribution in [2.24, 2.45) is 35.0 Å². The molecular formula is C30H48O. The second-order valence-electron chi connectivity index (χ2n) is 12.5. The maximum atomic E-state index is 11.1. The summed E-state index contributed by atoms with van der Waals surface area (Å²) in [5.41, 5.74) is 4.35. The summed E-state index contributed by atoms with van der Waals surface area (Å²) >= 11 is 0.